The molecule has 2 aromatic rings. The number of hydrogen-bond donors (Lipinski definition) is 1. The number of rotatable bonds is 3. The second-order valence-corrected chi connectivity index (χ2v) is 8.98. The lowest BCUT2D eigenvalue weighted by atomic mass is 9.99. The van der Waals surface area contributed by atoms with Gasteiger partial charge in [0, 0.05) is 17.0 Å². The van der Waals surface area contributed by atoms with E-state index in [0.717, 1.165) is 54.1 Å². The highest BCUT2D eigenvalue weighted by atomic mass is 32.2. The minimum Gasteiger partial charge on any atom is -0.497 e. The van der Waals surface area contributed by atoms with Gasteiger partial charge in [-0.2, -0.15) is 0 Å². The molecule has 2 aromatic carbocycles. The van der Waals surface area contributed by atoms with Crippen LogP contribution in [-0.4, -0.2) is 35.6 Å². The smallest absolute Gasteiger partial charge is 0.254 e. The molecule has 4 rings (SSSR count). The number of carbonyl (C=O) groups is 2. The molecule has 2 amide bonds. The van der Waals surface area contributed by atoms with Crippen LogP contribution in [0.15, 0.2) is 47.4 Å². The summed E-state index contributed by atoms with van der Waals surface area (Å²) in [6.45, 7) is 2.63. The number of methoxy groups -OCH3 is 1. The molecule has 0 aliphatic carbocycles. The number of anilines is 1. The van der Waals surface area contributed by atoms with Gasteiger partial charge in [-0.15, -0.1) is 11.8 Å². The van der Waals surface area contributed by atoms with Gasteiger partial charge in [-0.05, 0) is 55.7 Å². The van der Waals surface area contributed by atoms with E-state index in [1.54, 1.807) is 7.11 Å². The second kappa shape index (κ2) is 8.49. The first-order valence-corrected chi connectivity index (χ1v) is 11.0. The topological polar surface area (TPSA) is 58.6 Å². The van der Waals surface area contributed by atoms with Gasteiger partial charge < -0.3 is 15.0 Å². The largest absolute Gasteiger partial charge is 0.497 e. The summed E-state index contributed by atoms with van der Waals surface area (Å²) in [7, 11) is 1.66. The molecule has 0 bridgehead atoms. The predicted octanol–water partition coefficient (Wildman–Crippen LogP) is 4.89. The first-order chi connectivity index (χ1) is 14.1. The number of nitrogens with one attached hydrogen (secondary N) is 1. The Morgan fingerprint density at radius 2 is 1.93 bits per heavy atom. The van der Waals surface area contributed by atoms with E-state index in [9.17, 15) is 9.59 Å². The summed E-state index contributed by atoms with van der Waals surface area (Å²) in [5, 5.41) is 2.81. The fourth-order valence-electron chi connectivity index (χ4n) is 4.03. The van der Waals surface area contributed by atoms with Crippen molar-refractivity contribution in [2.24, 2.45) is 0 Å². The van der Waals surface area contributed by atoms with Crippen molar-refractivity contribution in [1.29, 1.82) is 0 Å². The number of thioether (sulfide) groups is 1. The molecule has 2 heterocycles. The van der Waals surface area contributed by atoms with E-state index < -0.39 is 0 Å². The van der Waals surface area contributed by atoms with Crippen LogP contribution in [0.5, 0.6) is 5.75 Å². The Hall–Kier alpha value is -2.47. The molecule has 0 saturated carbocycles. The number of likely N-dealkylation sites (tertiary alicyclic amines) is 1. The number of benzene rings is 2. The highest BCUT2D eigenvalue weighted by Gasteiger charge is 2.29. The fraction of sp³-hybridized carbons (Fsp3) is 0.391. The van der Waals surface area contributed by atoms with E-state index in [1.807, 2.05) is 42.2 Å². The molecule has 29 heavy (non-hydrogen) atoms. The van der Waals surface area contributed by atoms with Crippen molar-refractivity contribution in [3.63, 3.8) is 0 Å². The van der Waals surface area contributed by atoms with Gasteiger partial charge in [0.25, 0.3) is 5.91 Å². The summed E-state index contributed by atoms with van der Waals surface area (Å²) < 4.78 is 5.28. The van der Waals surface area contributed by atoms with Crippen LogP contribution in [0.25, 0.3) is 0 Å². The molecule has 1 saturated heterocycles. The monoisotopic (exact) mass is 410 g/mol. The SMILES string of the molecule is COc1ccc(C2CCCCCN2C(=O)c2ccc3c(c2)NC(=O)C(C)S3)cc1. The van der Waals surface area contributed by atoms with Crippen LogP contribution < -0.4 is 10.1 Å². The zero-order chi connectivity index (χ0) is 20.4. The zero-order valence-corrected chi connectivity index (χ0v) is 17.6. The third-order valence-electron chi connectivity index (χ3n) is 5.67. The van der Waals surface area contributed by atoms with E-state index in [1.165, 1.54) is 11.8 Å². The first kappa shape index (κ1) is 19.8. The maximum absolute atomic E-state index is 13.5. The van der Waals surface area contributed by atoms with Crippen LogP contribution in [0.3, 0.4) is 0 Å². The van der Waals surface area contributed by atoms with Gasteiger partial charge in [-0.3, -0.25) is 9.59 Å². The van der Waals surface area contributed by atoms with Crippen molar-refractivity contribution in [1.82, 2.24) is 4.90 Å². The standard InChI is InChI=1S/C23H26N2O3S/c1-15-22(26)24-19-14-17(9-12-21(19)29-15)23(27)25-13-5-3-4-6-20(25)16-7-10-18(28-2)11-8-16/h7-12,14-15,20H,3-6,13H2,1-2H3,(H,24,26). The van der Waals surface area contributed by atoms with Crippen molar-refractivity contribution in [2.75, 3.05) is 19.0 Å². The average molecular weight is 411 g/mol. The van der Waals surface area contributed by atoms with Gasteiger partial charge in [-0.1, -0.05) is 25.0 Å². The minimum absolute atomic E-state index is 0.0158. The van der Waals surface area contributed by atoms with E-state index in [4.69, 9.17) is 4.74 Å². The molecule has 1 fully saturated rings. The third kappa shape index (κ3) is 4.13. The predicted molar refractivity (Wildman–Crippen MR) is 116 cm³/mol. The van der Waals surface area contributed by atoms with Gasteiger partial charge >= 0.3 is 0 Å². The number of carbonyl (C=O) groups excluding carboxylic acids is 2. The van der Waals surface area contributed by atoms with Gasteiger partial charge in [0.2, 0.25) is 5.91 Å². The summed E-state index contributed by atoms with van der Waals surface area (Å²) in [6.07, 6.45) is 4.20. The number of ether oxygens (including phenoxy) is 1. The van der Waals surface area contributed by atoms with Gasteiger partial charge in [0.05, 0.1) is 24.1 Å². The molecule has 2 atom stereocenters. The minimum atomic E-state index is -0.117. The van der Waals surface area contributed by atoms with Gasteiger partial charge in [0.15, 0.2) is 0 Å². The van der Waals surface area contributed by atoms with Crippen LogP contribution in [0, 0.1) is 0 Å². The maximum Gasteiger partial charge on any atom is 0.254 e. The number of nitrogens with zero attached hydrogens (tertiary/aromatic N) is 1. The van der Waals surface area contributed by atoms with Crippen LogP contribution in [-0.2, 0) is 4.79 Å². The molecule has 0 spiro atoms. The maximum atomic E-state index is 13.5. The Labute approximate surface area is 175 Å². The number of fused-ring (bicyclic) bond motifs is 1. The first-order valence-electron chi connectivity index (χ1n) is 10.1. The number of hydrogen-bond acceptors (Lipinski definition) is 4. The zero-order valence-electron chi connectivity index (χ0n) is 16.8. The lowest BCUT2D eigenvalue weighted by molar-refractivity contribution is -0.115. The Bertz CT molecular complexity index is 913. The van der Waals surface area contributed by atoms with Crippen molar-refractivity contribution in [3.8, 4) is 5.75 Å². The van der Waals surface area contributed by atoms with E-state index >= 15 is 0 Å². The van der Waals surface area contributed by atoms with Crippen LogP contribution in [0.1, 0.15) is 54.6 Å². The molecule has 6 heteroatoms. The lowest BCUT2D eigenvalue weighted by Gasteiger charge is -2.31. The Morgan fingerprint density at radius 1 is 1.14 bits per heavy atom. The van der Waals surface area contributed by atoms with Crippen molar-refractivity contribution in [3.05, 3.63) is 53.6 Å². The molecule has 152 valence electrons. The molecule has 2 aliphatic rings. The van der Waals surface area contributed by atoms with E-state index in [2.05, 4.69) is 17.4 Å². The molecule has 2 unspecified atom stereocenters. The Morgan fingerprint density at radius 3 is 2.69 bits per heavy atom. The quantitative estimate of drug-likeness (QED) is 0.783. The highest BCUT2D eigenvalue weighted by Crippen LogP contribution is 2.37. The van der Waals surface area contributed by atoms with Crippen molar-refractivity contribution < 1.29 is 14.3 Å². The van der Waals surface area contributed by atoms with Gasteiger partial charge in [-0.25, -0.2) is 0 Å². The lowest BCUT2D eigenvalue weighted by Crippen LogP contribution is -2.35. The van der Waals surface area contributed by atoms with Crippen molar-refractivity contribution in [2.45, 2.75) is 48.8 Å². The second-order valence-electron chi connectivity index (χ2n) is 7.60. The summed E-state index contributed by atoms with van der Waals surface area (Å²) >= 11 is 1.53. The van der Waals surface area contributed by atoms with Gasteiger partial charge in [0.1, 0.15) is 5.75 Å². The van der Waals surface area contributed by atoms with E-state index in [0.29, 0.717) is 5.56 Å². The average Bonchev–Trinajstić information content (AvgIpc) is 3.00. The molecule has 1 N–H and O–H groups in total. The van der Waals surface area contributed by atoms with Crippen LogP contribution in [0.2, 0.25) is 0 Å². The molecule has 0 radical (unpaired) electrons. The molecule has 0 aromatic heterocycles. The Balaban J connectivity index is 1.62. The fourth-order valence-corrected chi connectivity index (χ4v) is 4.96. The molecule has 2 aliphatic heterocycles. The summed E-state index contributed by atoms with van der Waals surface area (Å²) in [6, 6.07) is 13.7. The highest BCUT2D eigenvalue weighted by molar-refractivity contribution is 8.00. The van der Waals surface area contributed by atoms with E-state index in [-0.39, 0.29) is 23.1 Å². The van der Waals surface area contributed by atoms with Crippen LogP contribution in [0.4, 0.5) is 5.69 Å². The summed E-state index contributed by atoms with van der Waals surface area (Å²) in [5.74, 6) is 0.823. The van der Waals surface area contributed by atoms with Crippen molar-refractivity contribution >= 4 is 29.3 Å². The summed E-state index contributed by atoms with van der Waals surface area (Å²) in [4.78, 5) is 28.5. The molecular weight excluding hydrogens is 384 g/mol. The van der Waals surface area contributed by atoms with Crippen LogP contribution >= 0.6 is 11.8 Å². The molecule has 5 nitrogen and oxygen atoms in total. The Kier molecular flexibility index (Phi) is 5.81. The molecular formula is C23H26N2O3S. The normalized spacial score (nSPS) is 21.7. The third-order valence-corrected chi connectivity index (χ3v) is 6.85. The number of amides is 2. The summed E-state index contributed by atoms with van der Waals surface area (Å²) in [5.41, 5.74) is 2.50.